The van der Waals surface area contributed by atoms with Gasteiger partial charge in [0.05, 0.1) is 12.5 Å². The molecule has 0 aromatic carbocycles. The van der Waals surface area contributed by atoms with E-state index in [0.29, 0.717) is 23.8 Å². The predicted molar refractivity (Wildman–Crippen MR) is 113 cm³/mol. The number of aliphatic hydroxyl groups is 1. The van der Waals surface area contributed by atoms with Crippen LogP contribution in [0.3, 0.4) is 0 Å². The van der Waals surface area contributed by atoms with Crippen molar-refractivity contribution in [1.82, 2.24) is 15.1 Å². The van der Waals surface area contributed by atoms with Crippen LogP contribution < -0.4 is 5.32 Å². The summed E-state index contributed by atoms with van der Waals surface area (Å²) in [5.41, 5.74) is 0.345. The second kappa shape index (κ2) is 9.53. The topological polar surface area (TPSA) is 72.9 Å². The van der Waals surface area contributed by atoms with E-state index >= 15 is 0 Å². The minimum absolute atomic E-state index is 0.0205. The van der Waals surface area contributed by atoms with E-state index in [1.54, 1.807) is 0 Å². The molecule has 1 atom stereocenters. The SMILES string of the molecule is CC1(C)CCCN(C(=O)C2C=C(C3CCN(C(=O)NCCO)CC3)SC2)CC1. The lowest BCUT2D eigenvalue weighted by atomic mass is 9.85. The van der Waals surface area contributed by atoms with Gasteiger partial charge in [0, 0.05) is 38.5 Å². The zero-order valence-corrected chi connectivity index (χ0v) is 18.1. The van der Waals surface area contributed by atoms with Crippen molar-refractivity contribution in [2.75, 3.05) is 45.1 Å². The van der Waals surface area contributed by atoms with E-state index in [2.05, 4.69) is 30.1 Å². The van der Waals surface area contributed by atoms with Crippen LogP contribution in [0.4, 0.5) is 4.79 Å². The molecule has 0 aromatic rings. The maximum absolute atomic E-state index is 13.0. The average Bonchev–Trinajstić information content (AvgIpc) is 3.11. The fourth-order valence-electron chi connectivity index (χ4n) is 4.40. The van der Waals surface area contributed by atoms with Gasteiger partial charge in [-0.25, -0.2) is 4.79 Å². The van der Waals surface area contributed by atoms with E-state index in [1.165, 1.54) is 11.3 Å². The first-order chi connectivity index (χ1) is 13.4. The van der Waals surface area contributed by atoms with E-state index in [0.717, 1.165) is 57.6 Å². The largest absolute Gasteiger partial charge is 0.395 e. The van der Waals surface area contributed by atoms with Gasteiger partial charge in [0.25, 0.3) is 0 Å². The number of piperidine rings is 1. The van der Waals surface area contributed by atoms with Gasteiger partial charge in [-0.05, 0) is 48.3 Å². The third-order valence-electron chi connectivity index (χ3n) is 6.34. The number of allylic oxidation sites excluding steroid dienone is 1. The number of urea groups is 1. The van der Waals surface area contributed by atoms with Crippen LogP contribution in [0.2, 0.25) is 0 Å². The van der Waals surface area contributed by atoms with Gasteiger partial charge in [0.1, 0.15) is 0 Å². The summed E-state index contributed by atoms with van der Waals surface area (Å²) in [6, 6.07) is -0.0855. The molecule has 3 rings (SSSR count). The summed E-state index contributed by atoms with van der Waals surface area (Å²) < 4.78 is 0. The van der Waals surface area contributed by atoms with Gasteiger partial charge in [-0.2, -0.15) is 0 Å². The zero-order valence-electron chi connectivity index (χ0n) is 17.3. The highest BCUT2D eigenvalue weighted by Crippen LogP contribution is 2.40. The first-order valence-electron chi connectivity index (χ1n) is 10.7. The molecule has 0 saturated carbocycles. The minimum atomic E-state index is -0.0855. The van der Waals surface area contributed by atoms with Gasteiger partial charge >= 0.3 is 6.03 Å². The van der Waals surface area contributed by atoms with Crippen LogP contribution >= 0.6 is 11.8 Å². The van der Waals surface area contributed by atoms with Crippen molar-refractivity contribution in [2.24, 2.45) is 17.3 Å². The Bertz CT molecular complexity index is 600. The van der Waals surface area contributed by atoms with Crippen molar-refractivity contribution in [1.29, 1.82) is 0 Å². The molecule has 3 aliphatic rings. The molecule has 2 saturated heterocycles. The number of aliphatic hydroxyl groups excluding tert-OH is 1. The van der Waals surface area contributed by atoms with Crippen LogP contribution in [0, 0.1) is 17.3 Å². The highest BCUT2D eigenvalue weighted by molar-refractivity contribution is 8.03. The molecule has 3 amide bonds. The molecule has 0 spiro atoms. The molecular weight excluding hydrogens is 374 g/mol. The van der Waals surface area contributed by atoms with Crippen LogP contribution in [0.25, 0.3) is 0 Å². The van der Waals surface area contributed by atoms with Gasteiger partial charge in [-0.15, -0.1) is 11.8 Å². The lowest BCUT2D eigenvalue weighted by Gasteiger charge is -2.32. The van der Waals surface area contributed by atoms with Crippen molar-refractivity contribution in [2.45, 2.75) is 46.0 Å². The molecule has 2 fully saturated rings. The van der Waals surface area contributed by atoms with Gasteiger partial charge in [0.15, 0.2) is 0 Å². The van der Waals surface area contributed by atoms with Crippen LogP contribution in [0.5, 0.6) is 0 Å². The Morgan fingerprint density at radius 2 is 1.93 bits per heavy atom. The summed E-state index contributed by atoms with van der Waals surface area (Å²) >= 11 is 1.84. The lowest BCUT2D eigenvalue weighted by Crippen LogP contribution is -2.45. The minimum Gasteiger partial charge on any atom is -0.395 e. The maximum atomic E-state index is 13.0. The molecule has 158 valence electrons. The normalized spacial score (nSPS) is 26.0. The molecule has 28 heavy (non-hydrogen) atoms. The van der Waals surface area contributed by atoms with Crippen molar-refractivity contribution >= 4 is 23.7 Å². The van der Waals surface area contributed by atoms with Gasteiger partial charge in [-0.1, -0.05) is 19.9 Å². The fraction of sp³-hybridized carbons (Fsp3) is 0.810. The first-order valence-corrected chi connectivity index (χ1v) is 11.6. The number of hydrogen-bond acceptors (Lipinski definition) is 4. The molecule has 0 radical (unpaired) electrons. The number of rotatable bonds is 4. The van der Waals surface area contributed by atoms with Crippen molar-refractivity contribution < 1.29 is 14.7 Å². The van der Waals surface area contributed by atoms with E-state index in [1.807, 2.05) is 16.7 Å². The molecule has 6 nitrogen and oxygen atoms in total. The van der Waals surface area contributed by atoms with E-state index < -0.39 is 0 Å². The van der Waals surface area contributed by atoms with Gasteiger partial charge in [0.2, 0.25) is 5.91 Å². The number of thioether (sulfide) groups is 1. The Kier molecular flexibility index (Phi) is 7.31. The monoisotopic (exact) mass is 409 g/mol. The second-order valence-electron chi connectivity index (χ2n) is 9.05. The van der Waals surface area contributed by atoms with E-state index in [-0.39, 0.29) is 18.6 Å². The molecule has 0 bridgehead atoms. The van der Waals surface area contributed by atoms with Crippen molar-refractivity contribution in [3.05, 3.63) is 11.0 Å². The summed E-state index contributed by atoms with van der Waals surface area (Å²) in [4.78, 5) is 30.3. The highest BCUT2D eigenvalue weighted by atomic mass is 32.2. The molecule has 2 N–H and O–H groups in total. The average molecular weight is 410 g/mol. The Morgan fingerprint density at radius 3 is 2.64 bits per heavy atom. The summed E-state index contributed by atoms with van der Waals surface area (Å²) in [5.74, 6) is 1.66. The first kappa shape index (κ1) is 21.5. The number of likely N-dealkylation sites (tertiary alicyclic amines) is 2. The van der Waals surface area contributed by atoms with Gasteiger partial charge in [-0.3, -0.25) is 4.79 Å². The smallest absolute Gasteiger partial charge is 0.317 e. The zero-order chi connectivity index (χ0) is 20.1. The number of carbonyl (C=O) groups is 2. The van der Waals surface area contributed by atoms with E-state index in [4.69, 9.17) is 5.11 Å². The van der Waals surface area contributed by atoms with Crippen molar-refractivity contribution in [3.63, 3.8) is 0 Å². The Morgan fingerprint density at radius 1 is 1.18 bits per heavy atom. The van der Waals surface area contributed by atoms with Gasteiger partial charge < -0.3 is 20.2 Å². The predicted octanol–water partition coefficient (Wildman–Crippen LogP) is 2.69. The number of hydrogen-bond donors (Lipinski definition) is 2. The van der Waals surface area contributed by atoms with Crippen LogP contribution in [0.1, 0.15) is 46.0 Å². The summed E-state index contributed by atoms with van der Waals surface area (Å²) in [6.45, 7) is 8.14. The molecule has 3 heterocycles. The molecule has 0 aliphatic carbocycles. The summed E-state index contributed by atoms with van der Waals surface area (Å²) in [5, 5.41) is 11.6. The standard InChI is InChI=1S/C21H35N3O3S/c1-21(2)6-3-9-23(12-7-21)19(26)17-14-18(28-15-17)16-4-10-24(11-5-16)20(27)22-8-13-25/h14,16-17,25H,3-13,15H2,1-2H3,(H,22,27). The molecular formula is C21H35N3O3S. The highest BCUT2D eigenvalue weighted by Gasteiger charge is 2.34. The van der Waals surface area contributed by atoms with Crippen LogP contribution in [0.15, 0.2) is 11.0 Å². The van der Waals surface area contributed by atoms with Crippen molar-refractivity contribution in [3.8, 4) is 0 Å². The Balaban J connectivity index is 1.50. The van der Waals surface area contributed by atoms with Crippen LogP contribution in [-0.2, 0) is 4.79 Å². The second-order valence-corrected chi connectivity index (χ2v) is 10.1. The van der Waals surface area contributed by atoms with Crippen LogP contribution in [-0.4, -0.2) is 71.9 Å². The lowest BCUT2D eigenvalue weighted by molar-refractivity contribution is -0.133. The number of nitrogens with one attached hydrogen (secondary N) is 1. The number of nitrogens with zero attached hydrogens (tertiary/aromatic N) is 2. The third kappa shape index (κ3) is 5.44. The maximum Gasteiger partial charge on any atom is 0.317 e. The third-order valence-corrected chi connectivity index (χ3v) is 7.67. The molecule has 3 aliphatic heterocycles. The summed E-state index contributed by atoms with van der Waals surface area (Å²) in [7, 11) is 0. The fourth-order valence-corrected chi connectivity index (χ4v) is 5.74. The number of carbonyl (C=O) groups excluding carboxylic acids is 2. The Hall–Kier alpha value is -1.21. The quantitative estimate of drug-likeness (QED) is 0.749. The Labute approximate surface area is 173 Å². The molecule has 1 unspecified atom stereocenters. The molecule has 7 heteroatoms. The number of amides is 3. The molecule has 0 aromatic heterocycles. The summed E-state index contributed by atoms with van der Waals surface area (Å²) in [6.07, 6.45) is 7.50. The van der Waals surface area contributed by atoms with E-state index in [9.17, 15) is 9.59 Å².